The molecule has 2 aromatic rings. The number of nitrogens with zero attached hydrogens (tertiary/aromatic N) is 4. The zero-order valence-electron chi connectivity index (χ0n) is 16.8. The van der Waals surface area contributed by atoms with Gasteiger partial charge in [0.25, 0.3) is 0 Å². The van der Waals surface area contributed by atoms with Crippen molar-refractivity contribution in [3.63, 3.8) is 0 Å². The second-order valence-corrected chi connectivity index (χ2v) is 10.1. The molecular weight excluding hydrogens is 405 g/mol. The van der Waals surface area contributed by atoms with E-state index in [2.05, 4.69) is 14.8 Å². The van der Waals surface area contributed by atoms with Crippen molar-refractivity contribution in [1.29, 1.82) is 0 Å². The number of fused-ring (bicyclic) bond motifs is 1. The second kappa shape index (κ2) is 7.06. The lowest BCUT2D eigenvalue weighted by atomic mass is 9.89. The molecule has 0 spiro atoms. The van der Waals surface area contributed by atoms with Crippen molar-refractivity contribution >= 4 is 21.7 Å². The molecule has 156 valence electrons. The molecule has 2 N–H and O–H groups in total. The highest BCUT2D eigenvalue weighted by Gasteiger charge is 2.41. The van der Waals surface area contributed by atoms with Gasteiger partial charge in [0.1, 0.15) is 11.4 Å². The maximum absolute atomic E-state index is 14.8. The van der Waals surface area contributed by atoms with E-state index in [9.17, 15) is 12.8 Å². The summed E-state index contributed by atoms with van der Waals surface area (Å²) in [6.45, 7) is 8.72. The van der Waals surface area contributed by atoms with Gasteiger partial charge in [0.15, 0.2) is 0 Å². The molecule has 2 heterocycles. The van der Waals surface area contributed by atoms with Gasteiger partial charge in [0.05, 0.1) is 12.3 Å². The Morgan fingerprint density at radius 1 is 1.40 bits per heavy atom. The number of benzene rings is 1. The van der Waals surface area contributed by atoms with Crippen molar-refractivity contribution in [2.75, 3.05) is 12.8 Å². The Morgan fingerprint density at radius 3 is 2.87 bits per heavy atom. The summed E-state index contributed by atoms with van der Waals surface area (Å²) < 4.78 is 40.6. The Morgan fingerprint density at radius 2 is 2.17 bits per heavy atom. The molecule has 1 aliphatic carbocycles. The van der Waals surface area contributed by atoms with Gasteiger partial charge < -0.3 is 5.73 Å². The molecule has 0 saturated carbocycles. The first kappa shape index (κ1) is 20.3. The number of nitrogens with two attached hydrogens (primary N) is 1. The van der Waals surface area contributed by atoms with Gasteiger partial charge in [0, 0.05) is 30.4 Å². The Kier molecular flexibility index (Phi) is 4.77. The van der Waals surface area contributed by atoms with Crippen molar-refractivity contribution in [2.24, 2.45) is 10.7 Å². The number of rotatable bonds is 3. The zero-order valence-corrected chi connectivity index (χ0v) is 17.6. The molecule has 2 aliphatic rings. The third-order valence-corrected chi connectivity index (χ3v) is 7.87. The van der Waals surface area contributed by atoms with Crippen LogP contribution in [0.1, 0.15) is 41.6 Å². The van der Waals surface area contributed by atoms with Gasteiger partial charge >= 0.3 is 0 Å². The molecule has 0 saturated heterocycles. The first-order chi connectivity index (χ1) is 14.1. The molecule has 1 aromatic heterocycles. The standard InChI is InChI=1S/C21H22FN5O2S/c1-21(12-30(28,29)27(3)20(23)26-21)17-9-13(4-7-18(17)22)8-14-5-6-15-10-16(24-2)11-25-19(14)15/h4,7,9-11,14H,5-6,8,12H2,1,3H3,(H2,23,26)/t14-,21-/m0/s1. The summed E-state index contributed by atoms with van der Waals surface area (Å²) in [4.78, 5) is 12.2. The largest absolute Gasteiger partial charge is 0.369 e. The van der Waals surface area contributed by atoms with E-state index in [1.165, 1.54) is 13.1 Å². The highest BCUT2D eigenvalue weighted by Crippen LogP contribution is 2.38. The molecule has 0 bridgehead atoms. The van der Waals surface area contributed by atoms with E-state index in [-0.39, 0.29) is 23.2 Å². The van der Waals surface area contributed by atoms with E-state index in [1.54, 1.807) is 25.3 Å². The number of guanidine groups is 1. The predicted molar refractivity (Wildman–Crippen MR) is 112 cm³/mol. The average molecular weight is 428 g/mol. The fraction of sp³-hybridized carbons (Fsp3) is 0.381. The predicted octanol–water partition coefficient (Wildman–Crippen LogP) is 2.85. The minimum absolute atomic E-state index is 0.155. The first-order valence-corrected chi connectivity index (χ1v) is 11.2. The molecule has 4 rings (SSSR count). The van der Waals surface area contributed by atoms with E-state index >= 15 is 0 Å². The highest BCUT2D eigenvalue weighted by molar-refractivity contribution is 7.89. The van der Waals surface area contributed by atoms with Crippen LogP contribution >= 0.6 is 0 Å². The van der Waals surface area contributed by atoms with Crippen LogP contribution in [0.4, 0.5) is 10.1 Å². The number of sulfonamides is 1. The van der Waals surface area contributed by atoms with Crippen molar-refractivity contribution in [1.82, 2.24) is 9.29 Å². The molecule has 0 unspecified atom stereocenters. The van der Waals surface area contributed by atoms with Crippen molar-refractivity contribution in [2.45, 2.75) is 37.6 Å². The SMILES string of the molecule is [C-]#[N+]c1cnc2c(c1)CC[C@H]2Cc1ccc(F)c([C@]2(C)CS(=O)(=O)N(C)C(N)=N2)c1. The molecule has 0 amide bonds. The zero-order chi connectivity index (χ0) is 21.7. The van der Waals surface area contributed by atoms with Gasteiger partial charge in [-0.1, -0.05) is 12.1 Å². The van der Waals surface area contributed by atoms with E-state index in [4.69, 9.17) is 12.3 Å². The lowest BCUT2D eigenvalue weighted by Crippen LogP contribution is -2.50. The number of aliphatic imine (C=N–C) groups is 1. The molecule has 2 atom stereocenters. The fourth-order valence-electron chi connectivity index (χ4n) is 4.29. The van der Waals surface area contributed by atoms with Crippen LogP contribution in [0.15, 0.2) is 35.5 Å². The van der Waals surface area contributed by atoms with Crippen LogP contribution in [0.5, 0.6) is 0 Å². The normalized spacial score (nSPS) is 24.8. The van der Waals surface area contributed by atoms with E-state index in [1.807, 2.05) is 6.07 Å². The quantitative estimate of drug-likeness (QED) is 0.763. The van der Waals surface area contributed by atoms with Gasteiger partial charge in [-0.15, -0.1) is 0 Å². The lowest BCUT2D eigenvalue weighted by molar-refractivity contribution is 0.457. The molecule has 30 heavy (non-hydrogen) atoms. The Bertz CT molecular complexity index is 1200. The molecule has 1 aliphatic heterocycles. The van der Waals surface area contributed by atoms with Crippen molar-refractivity contribution in [3.05, 3.63) is 70.1 Å². The van der Waals surface area contributed by atoms with Crippen LogP contribution in [0, 0.1) is 12.4 Å². The number of halogens is 1. The monoisotopic (exact) mass is 427 g/mol. The van der Waals surface area contributed by atoms with Crippen LogP contribution in [-0.4, -0.2) is 36.5 Å². The summed E-state index contributed by atoms with van der Waals surface area (Å²) in [6, 6.07) is 6.65. The number of hydrogen-bond acceptors (Lipinski definition) is 5. The van der Waals surface area contributed by atoms with Gasteiger partial charge in [0.2, 0.25) is 21.7 Å². The summed E-state index contributed by atoms with van der Waals surface area (Å²) in [7, 11) is -2.35. The number of aromatic nitrogens is 1. The van der Waals surface area contributed by atoms with Gasteiger partial charge in [-0.2, -0.15) is 0 Å². The van der Waals surface area contributed by atoms with E-state index in [0.717, 1.165) is 34.0 Å². The van der Waals surface area contributed by atoms with Crippen LogP contribution < -0.4 is 5.73 Å². The smallest absolute Gasteiger partial charge is 0.239 e. The summed E-state index contributed by atoms with van der Waals surface area (Å²) in [5.74, 6) is -0.854. The third kappa shape index (κ3) is 3.41. The lowest BCUT2D eigenvalue weighted by Gasteiger charge is -2.34. The van der Waals surface area contributed by atoms with Gasteiger partial charge in [-0.05, 0) is 49.4 Å². The maximum Gasteiger partial charge on any atom is 0.239 e. The van der Waals surface area contributed by atoms with Crippen LogP contribution in [0.25, 0.3) is 4.85 Å². The topological polar surface area (TPSA) is 93.0 Å². The van der Waals surface area contributed by atoms with E-state index in [0.29, 0.717) is 12.1 Å². The number of aryl methyl sites for hydroxylation is 1. The number of pyridine rings is 1. The molecule has 0 radical (unpaired) electrons. The molecule has 1 aromatic carbocycles. The van der Waals surface area contributed by atoms with Gasteiger partial charge in [-0.25, -0.2) is 27.0 Å². The summed E-state index contributed by atoms with van der Waals surface area (Å²) in [6.07, 6.45) is 3.99. The third-order valence-electron chi connectivity index (χ3n) is 5.92. The first-order valence-electron chi connectivity index (χ1n) is 9.60. The van der Waals surface area contributed by atoms with Crippen LogP contribution in [0.3, 0.4) is 0 Å². The number of hydrogen-bond donors (Lipinski definition) is 1. The Balaban J connectivity index is 1.67. The minimum Gasteiger partial charge on any atom is -0.369 e. The summed E-state index contributed by atoms with van der Waals surface area (Å²) >= 11 is 0. The van der Waals surface area contributed by atoms with Gasteiger partial charge in [-0.3, -0.25) is 4.98 Å². The molecule has 7 nitrogen and oxygen atoms in total. The Hall–Kier alpha value is -2.99. The van der Waals surface area contributed by atoms with Crippen molar-refractivity contribution < 1.29 is 12.8 Å². The van der Waals surface area contributed by atoms with Crippen molar-refractivity contribution in [3.8, 4) is 0 Å². The van der Waals surface area contributed by atoms with Crippen LogP contribution in [-0.2, 0) is 28.4 Å². The highest BCUT2D eigenvalue weighted by atomic mass is 32.2. The minimum atomic E-state index is -3.69. The Labute approximate surface area is 175 Å². The second-order valence-electron chi connectivity index (χ2n) is 8.07. The summed E-state index contributed by atoms with van der Waals surface area (Å²) in [5, 5.41) is 0. The summed E-state index contributed by atoms with van der Waals surface area (Å²) in [5.41, 5.74) is 8.20. The maximum atomic E-state index is 14.8. The molecule has 9 heteroatoms. The molecule has 0 fully saturated rings. The van der Waals surface area contributed by atoms with E-state index < -0.39 is 21.4 Å². The average Bonchev–Trinajstić information content (AvgIpc) is 3.09. The molecular formula is C21H22FN5O2S. The van der Waals surface area contributed by atoms with Crippen LogP contribution in [0.2, 0.25) is 0 Å². The fourth-order valence-corrected chi connectivity index (χ4v) is 5.74.